The quantitative estimate of drug-likeness (QED) is 0.581. The van der Waals surface area contributed by atoms with Crippen molar-refractivity contribution >= 4 is 39.5 Å². The Balaban J connectivity index is 1.25. The van der Waals surface area contributed by atoms with Gasteiger partial charge in [0.15, 0.2) is 13.1 Å². The van der Waals surface area contributed by atoms with Crippen LogP contribution in [0.25, 0.3) is 0 Å². The van der Waals surface area contributed by atoms with Crippen molar-refractivity contribution in [3.05, 3.63) is 40.3 Å². The molecule has 4 rings (SSSR count). The molecule has 1 atom stereocenters. The summed E-state index contributed by atoms with van der Waals surface area (Å²) in [6.07, 6.45) is 2.95. The van der Waals surface area contributed by atoms with Crippen LogP contribution in [0.15, 0.2) is 24.3 Å². The number of hydrogen-bond donors (Lipinski definition) is 3. The summed E-state index contributed by atoms with van der Waals surface area (Å²) in [6, 6.07) is 10.0. The minimum atomic E-state index is -0.193. The van der Waals surface area contributed by atoms with Crippen molar-refractivity contribution in [1.82, 2.24) is 0 Å². The van der Waals surface area contributed by atoms with E-state index < -0.39 is 0 Å². The third kappa shape index (κ3) is 5.27. The van der Waals surface area contributed by atoms with E-state index in [1.807, 2.05) is 24.3 Å². The molecule has 0 spiro atoms. The number of benzene rings is 1. The molecule has 3 N–H and O–H groups in total. The van der Waals surface area contributed by atoms with E-state index in [0.717, 1.165) is 67.4 Å². The largest absolute Gasteiger partial charge is 0.378 e. The highest BCUT2D eigenvalue weighted by Gasteiger charge is 2.24. The third-order valence-electron chi connectivity index (χ3n) is 5.74. The van der Waals surface area contributed by atoms with Crippen molar-refractivity contribution in [2.75, 3.05) is 62.0 Å². The van der Waals surface area contributed by atoms with Crippen LogP contribution in [0.3, 0.4) is 0 Å². The van der Waals surface area contributed by atoms with Crippen molar-refractivity contribution in [3.8, 4) is 6.07 Å². The Kier molecular flexibility index (Phi) is 7.05. The van der Waals surface area contributed by atoms with E-state index in [4.69, 9.17) is 4.74 Å². The lowest BCUT2D eigenvalue weighted by Gasteiger charge is -2.28. The van der Waals surface area contributed by atoms with Crippen LogP contribution in [-0.4, -0.2) is 58.3 Å². The van der Waals surface area contributed by atoms with E-state index in [0.29, 0.717) is 10.6 Å². The molecule has 2 aliphatic rings. The molecule has 2 heterocycles. The Hall–Kier alpha value is -2.93. The lowest BCUT2D eigenvalue weighted by Crippen LogP contribution is -3.11. The Morgan fingerprint density at radius 3 is 2.50 bits per heavy atom. The molecule has 1 aliphatic heterocycles. The van der Waals surface area contributed by atoms with Crippen molar-refractivity contribution in [2.24, 2.45) is 0 Å². The second kappa shape index (κ2) is 10.1. The van der Waals surface area contributed by atoms with Gasteiger partial charge in [-0.2, -0.15) is 5.26 Å². The van der Waals surface area contributed by atoms with Gasteiger partial charge in [0.1, 0.15) is 11.1 Å². The molecule has 1 aromatic carbocycles. The van der Waals surface area contributed by atoms with Gasteiger partial charge in [-0.25, -0.2) is 0 Å². The Morgan fingerprint density at radius 2 is 1.81 bits per heavy atom. The van der Waals surface area contributed by atoms with Crippen LogP contribution in [-0.2, 0) is 27.2 Å². The molecule has 2 aromatic rings. The first kappa shape index (κ1) is 22.3. The molecule has 1 unspecified atom stereocenters. The summed E-state index contributed by atoms with van der Waals surface area (Å²) in [5.74, 6) is -0.344. The fourth-order valence-electron chi connectivity index (χ4n) is 4.17. The summed E-state index contributed by atoms with van der Waals surface area (Å²) in [5.41, 5.74) is 3.54. The van der Waals surface area contributed by atoms with Gasteiger partial charge in [-0.3, -0.25) is 9.59 Å². The van der Waals surface area contributed by atoms with E-state index >= 15 is 0 Å². The van der Waals surface area contributed by atoms with E-state index in [9.17, 15) is 14.9 Å². The van der Waals surface area contributed by atoms with Gasteiger partial charge < -0.3 is 25.2 Å². The minimum absolute atomic E-state index is 0.150. The fourth-order valence-corrected chi connectivity index (χ4v) is 5.43. The zero-order chi connectivity index (χ0) is 22.5. The van der Waals surface area contributed by atoms with Gasteiger partial charge in [0.05, 0.1) is 25.8 Å². The van der Waals surface area contributed by atoms with Crippen LogP contribution in [0.2, 0.25) is 0 Å². The molecule has 1 fully saturated rings. The highest BCUT2D eigenvalue weighted by atomic mass is 32.1. The summed E-state index contributed by atoms with van der Waals surface area (Å²) in [7, 11) is 1.81. The number of rotatable bonds is 7. The van der Waals surface area contributed by atoms with Crippen molar-refractivity contribution in [2.45, 2.75) is 19.3 Å². The normalized spacial score (nSPS) is 16.2. The van der Waals surface area contributed by atoms with Gasteiger partial charge in [0.25, 0.3) is 11.8 Å². The molecule has 2 amide bonds. The monoisotopic (exact) mass is 454 g/mol. The number of ether oxygens (including phenoxy) is 1. The molecule has 9 heteroatoms. The molecule has 32 heavy (non-hydrogen) atoms. The number of fused-ring (bicyclic) bond motifs is 1. The van der Waals surface area contributed by atoms with Gasteiger partial charge in [-0.1, -0.05) is 0 Å². The number of amides is 2. The number of aryl methyl sites for hydroxylation is 1. The smallest absolute Gasteiger partial charge is 0.280 e. The molecule has 168 valence electrons. The average Bonchev–Trinajstić information content (AvgIpc) is 3.35. The van der Waals surface area contributed by atoms with Crippen LogP contribution >= 0.6 is 11.3 Å². The minimum Gasteiger partial charge on any atom is -0.378 e. The van der Waals surface area contributed by atoms with Crippen molar-refractivity contribution in [3.63, 3.8) is 0 Å². The Labute approximate surface area is 191 Å². The van der Waals surface area contributed by atoms with Crippen molar-refractivity contribution < 1.29 is 19.2 Å². The lowest BCUT2D eigenvalue weighted by molar-refractivity contribution is -0.862. The summed E-state index contributed by atoms with van der Waals surface area (Å²) in [4.78, 5) is 29.1. The van der Waals surface area contributed by atoms with Gasteiger partial charge >= 0.3 is 0 Å². The zero-order valence-corrected chi connectivity index (χ0v) is 19.0. The number of anilines is 3. The number of thiophene rings is 1. The molecular formula is C23H28N5O3S+. The Bertz CT molecular complexity index is 1020. The fraction of sp³-hybridized carbons (Fsp3) is 0.435. The average molecular weight is 455 g/mol. The lowest BCUT2D eigenvalue weighted by atomic mass is 10.1. The van der Waals surface area contributed by atoms with E-state index in [1.54, 1.807) is 7.05 Å². The van der Waals surface area contributed by atoms with Gasteiger partial charge in [0, 0.05) is 29.3 Å². The van der Waals surface area contributed by atoms with Gasteiger partial charge in [-0.05, 0) is 49.1 Å². The number of nitriles is 1. The zero-order valence-electron chi connectivity index (χ0n) is 18.2. The van der Waals surface area contributed by atoms with Crippen LogP contribution < -0.4 is 20.4 Å². The van der Waals surface area contributed by atoms with Crippen LogP contribution in [0.1, 0.15) is 22.4 Å². The molecular weight excluding hydrogens is 426 g/mol. The predicted molar refractivity (Wildman–Crippen MR) is 124 cm³/mol. The number of nitrogens with one attached hydrogen (secondary N) is 3. The number of carbonyl (C=O) groups excluding carboxylic acids is 2. The van der Waals surface area contributed by atoms with Crippen LogP contribution in [0.4, 0.5) is 16.4 Å². The van der Waals surface area contributed by atoms with Gasteiger partial charge in [0.2, 0.25) is 0 Å². The molecule has 0 saturated carbocycles. The number of hydrogen-bond acceptors (Lipinski definition) is 6. The SMILES string of the molecule is C[NH+](CC(=O)Nc1ccc(N2CCOCC2)cc1)CC(=O)Nc1sc2c(c1C#N)CCC2. The highest BCUT2D eigenvalue weighted by Crippen LogP contribution is 2.38. The maximum Gasteiger partial charge on any atom is 0.280 e. The van der Waals surface area contributed by atoms with E-state index in [2.05, 4.69) is 21.6 Å². The topological polar surface area (TPSA) is 98.9 Å². The second-order valence-corrected chi connectivity index (χ2v) is 9.33. The molecule has 0 bridgehead atoms. The predicted octanol–water partition coefficient (Wildman–Crippen LogP) is 1.04. The van der Waals surface area contributed by atoms with E-state index in [-0.39, 0.29) is 24.9 Å². The second-order valence-electron chi connectivity index (χ2n) is 8.23. The summed E-state index contributed by atoms with van der Waals surface area (Å²) >= 11 is 1.50. The number of morpholine rings is 1. The number of nitrogens with zero attached hydrogens (tertiary/aromatic N) is 2. The molecule has 1 aromatic heterocycles. The number of carbonyl (C=O) groups is 2. The summed E-state index contributed by atoms with van der Waals surface area (Å²) < 4.78 is 5.38. The molecule has 0 radical (unpaired) electrons. The Morgan fingerprint density at radius 1 is 1.12 bits per heavy atom. The first-order chi connectivity index (χ1) is 15.5. The third-order valence-corrected chi connectivity index (χ3v) is 6.95. The van der Waals surface area contributed by atoms with E-state index in [1.165, 1.54) is 16.2 Å². The summed E-state index contributed by atoms with van der Waals surface area (Å²) in [5, 5.41) is 15.9. The first-order valence-corrected chi connectivity index (χ1v) is 11.7. The molecule has 8 nitrogen and oxygen atoms in total. The first-order valence-electron chi connectivity index (χ1n) is 10.9. The standard InChI is InChI=1S/C23H27N5O3S/c1-27(15-22(30)26-23-19(13-24)18-3-2-4-20(18)32-23)14-21(29)25-16-5-7-17(8-6-16)28-9-11-31-12-10-28/h5-8H,2-4,9-12,14-15H2,1H3,(H,25,29)(H,26,30)/p+1. The number of quaternary nitrogens is 1. The summed E-state index contributed by atoms with van der Waals surface area (Å²) in [6.45, 7) is 3.51. The van der Waals surface area contributed by atoms with Gasteiger partial charge in [-0.15, -0.1) is 11.3 Å². The van der Waals surface area contributed by atoms with Crippen molar-refractivity contribution in [1.29, 1.82) is 5.26 Å². The number of likely N-dealkylation sites (N-methyl/N-ethyl adjacent to an activating group) is 1. The van der Waals surface area contributed by atoms with Crippen LogP contribution in [0, 0.1) is 11.3 Å². The maximum atomic E-state index is 12.5. The molecule has 1 saturated heterocycles. The highest BCUT2D eigenvalue weighted by molar-refractivity contribution is 7.16. The molecule has 1 aliphatic carbocycles. The maximum absolute atomic E-state index is 12.5. The van der Waals surface area contributed by atoms with Crippen LogP contribution in [0.5, 0.6) is 0 Å².